The average molecular weight is 306 g/mol. The van der Waals surface area contributed by atoms with E-state index in [-0.39, 0.29) is 18.5 Å². The molecule has 0 unspecified atom stereocenters. The van der Waals surface area contributed by atoms with Crippen LogP contribution in [-0.2, 0) is 9.53 Å². The van der Waals surface area contributed by atoms with Crippen LogP contribution in [0.25, 0.3) is 0 Å². The van der Waals surface area contributed by atoms with Gasteiger partial charge in [-0.25, -0.2) is 0 Å². The Hall–Kier alpha value is -1.83. The van der Waals surface area contributed by atoms with Crippen molar-refractivity contribution in [1.29, 1.82) is 0 Å². The summed E-state index contributed by atoms with van der Waals surface area (Å²) in [6.07, 6.45) is 15.6. The molecule has 0 aromatic carbocycles. The number of carbonyl (C=O) groups excluding carboxylic acids is 1. The summed E-state index contributed by atoms with van der Waals surface area (Å²) in [6.45, 7) is 3.61. The van der Waals surface area contributed by atoms with E-state index in [2.05, 4.69) is 5.92 Å². The molecule has 0 radical (unpaired) electrons. The predicted octanol–water partition coefficient (Wildman–Crippen LogP) is 2.52. The molecular weight excluding hydrogens is 280 g/mol. The van der Waals surface area contributed by atoms with Gasteiger partial charge in [0.25, 0.3) is 0 Å². The molecule has 0 aliphatic heterocycles. The molecule has 0 saturated carbocycles. The van der Waals surface area contributed by atoms with E-state index in [1.807, 2.05) is 13.8 Å². The normalized spacial score (nSPS) is 14.7. The maximum absolute atomic E-state index is 11.3. The highest BCUT2D eigenvalue weighted by Gasteiger charge is 2.06. The number of hydrogen-bond donors (Lipinski definition) is 2. The molecule has 0 rings (SSSR count). The quantitative estimate of drug-likeness (QED) is 0.370. The average Bonchev–Trinajstić information content (AvgIpc) is 2.42. The van der Waals surface area contributed by atoms with Crippen LogP contribution in [0.1, 0.15) is 39.5 Å². The number of carbonyl (C=O) groups is 1. The largest absolute Gasteiger partial charge is 0.463 e. The fourth-order valence-electron chi connectivity index (χ4n) is 1.58. The van der Waals surface area contributed by atoms with Crippen LogP contribution in [0.5, 0.6) is 0 Å². The Morgan fingerprint density at radius 1 is 1.14 bits per heavy atom. The molecule has 0 aliphatic carbocycles. The zero-order valence-corrected chi connectivity index (χ0v) is 13.3. The van der Waals surface area contributed by atoms with Crippen LogP contribution >= 0.6 is 0 Å². The number of terminal acetylenes is 1. The minimum Gasteiger partial charge on any atom is -0.463 e. The van der Waals surface area contributed by atoms with Gasteiger partial charge in [-0.1, -0.05) is 36.5 Å². The highest BCUT2D eigenvalue weighted by Crippen LogP contribution is 2.05. The Balaban J connectivity index is 3.85. The standard InChI is InChI=1S/C18H26O4/c1-4-10-16(19)11-7-5-6-8-12-17(20)13-9-14-18(21)22-15(2)3/h1,5-8,11-12,15-17,19-20H,9-10,13-14H2,2-3H3/b6-5+,11-7+,12-8-/t16-,17-/m1/s1. The second-order valence-electron chi connectivity index (χ2n) is 5.13. The third kappa shape index (κ3) is 13.2. The van der Waals surface area contributed by atoms with Crippen LogP contribution in [0.15, 0.2) is 36.5 Å². The predicted molar refractivity (Wildman–Crippen MR) is 88.0 cm³/mol. The molecule has 0 fully saturated rings. The van der Waals surface area contributed by atoms with E-state index in [1.54, 1.807) is 36.5 Å². The summed E-state index contributed by atoms with van der Waals surface area (Å²) < 4.78 is 5.00. The molecule has 22 heavy (non-hydrogen) atoms. The van der Waals surface area contributed by atoms with Gasteiger partial charge in [0.05, 0.1) is 18.3 Å². The van der Waals surface area contributed by atoms with Gasteiger partial charge in [0.2, 0.25) is 0 Å². The van der Waals surface area contributed by atoms with E-state index in [0.717, 1.165) is 0 Å². The van der Waals surface area contributed by atoms with Crippen molar-refractivity contribution in [3.8, 4) is 12.3 Å². The maximum atomic E-state index is 11.3. The van der Waals surface area contributed by atoms with Crippen LogP contribution in [0.2, 0.25) is 0 Å². The number of aliphatic hydroxyl groups excluding tert-OH is 2. The van der Waals surface area contributed by atoms with Crippen molar-refractivity contribution in [3.63, 3.8) is 0 Å². The monoisotopic (exact) mass is 306 g/mol. The molecule has 2 atom stereocenters. The first-order chi connectivity index (χ1) is 10.5. The molecule has 0 amide bonds. The van der Waals surface area contributed by atoms with Gasteiger partial charge < -0.3 is 14.9 Å². The molecule has 0 saturated heterocycles. The maximum Gasteiger partial charge on any atom is 0.306 e. The number of rotatable bonds is 10. The summed E-state index contributed by atoms with van der Waals surface area (Å²) in [7, 11) is 0. The smallest absolute Gasteiger partial charge is 0.306 e. The van der Waals surface area contributed by atoms with Gasteiger partial charge in [-0.3, -0.25) is 4.79 Å². The molecule has 0 aromatic rings. The van der Waals surface area contributed by atoms with Gasteiger partial charge in [0, 0.05) is 12.8 Å². The van der Waals surface area contributed by atoms with Crippen molar-refractivity contribution in [2.45, 2.75) is 57.8 Å². The van der Waals surface area contributed by atoms with Gasteiger partial charge in [0.1, 0.15) is 0 Å². The zero-order valence-electron chi connectivity index (χ0n) is 13.3. The summed E-state index contributed by atoms with van der Waals surface area (Å²) in [5.41, 5.74) is 0. The second kappa shape index (κ2) is 12.9. The van der Waals surface area contributed by atoms with Crippen LogP contribution in [-0.4, -0.2) is 34.5 Å². The van der Waals surface area contributed by atoms with E-state index >= 15 is 0 Å². The first kappa shape index (κ1) is 20.2. The molecule has 0 spiro atoms. The Morgan fingerprint density at radius 3 is 2.27 bits per heavy atom. The Kier molecular flexibility index (Phi) is 11.8. The summed E-state index contributed by atoms with van der Waals surface area (Å²) in [4.78, 5) is 11.3. The zero-order chi connectivity index (χ0) is 16.8. The molecule has 4 heteroatoms. The van der Waals surface area contributed by atoms with Crippen LogP contribution in [0.4, 0.5) is 0 Å². The van der Waals surface area contributed by atoms with Crippen LogP contribution in [0.3, 0.4) is 0 Å². The van der Waals surface area contributed by atoms with Crippen molar-refractivity contribution in [2.24, 2.45) is 0 Å². The lowest BCUT2D eigenvalue weighted by Crippen LogP contribution is -2.12. The fraction of sp³-hybridized carbons (Fsp3) is 0.500. The lowest BCUT2D eigenvalue weighted by atomic mass is 10.1. The summed E-state index contributed by atoms with van der Waals surface area (Å²) >= 11 is 0. The Morgan fingerprint density at radius 2 is 1.73 bits per heavy atom. The molecule has 0 heterocycles. The van der Waals surface area contributed by atoms with Gasteiger partial charge in [-0.2, -0.15) is 0 Å². The minimum absolute atomic E-state index is 0.102. The van der Waals surface area contributed by atoms with Gasteiger partial charge in [-0.15, -0.1) is 12.3 Å². The molecular formula is C18H26O4. The van der Waals surface area contributed by atoms with Gasteiger partial charge >= 0.3 is 5.97 Å². The summed E-state index contributed by atoms with van der Waals surface area (Å²) in [5.74, 6) is 2.13. The van der Waals surface area contributed by atoms with Crippen molar-refractivity contribution < 1.29 is 19.7 Å². The topological polar surface area (TPSA) is 66.8 Å². The van der Waals surface area contributed by atoms with E-state index < -0.39 is 12.2 Å². The number of aliphatic hydroxyl groups is 2. The van der Waals surface area contributed by atoms with E-state index in [0.29, 0.717) is 19.3 Å². The molecule has 4 nitrogen and oxygen atoms in total. The summed E-state index contributed by atoms with van der Waals surface area (Å²) in [6, 6.07) is 0. The van der Waals surface area contributed by atoms with E-state index in [1.165, 1.54) is 0 Å². The van der Waals surface area contributed by atoms with Crippen LogP contribution in [0, 0.1) is 12.3 Å². The Bertz CT molecular complexity index is 427. The first-order valence-electron chi connectivity index (χ1n) is 7.46. The first-order valence-corrected chi connectivity index (χ1v) is 7.46. The highest BCUT2D eigenvalue weighted by atomic mass is 16.5. The fourth-order valence-corrected chi connectivity index (χ4v) is 1.58. The van der Waals surface area contributed by atoms with Crippen molar-refractivity contribution >= 4 is 5.97 Å². The minimum atomic E-state index is -0.630. The SMILES string of the molecule is C#CC[C@@H](O)/C=C/C=C/C=C\[C@@H](O)CCCC(=O)OC(C)C. The molecule has 2 N–H and O–H groups in total. The lowest BCUT2D eigenvalue weighted by molar-refractivity contribution is -0.147. The van der Waals surface area contributed by atoms with Crippen LogP contribution < -0.4 is 0 Å². The number of hydrogen-bond acceptors (Lipinski definition) is 4. The van der Waals surface area contributed by atoms with E-state index in [9.17, 15) is 15.0 Å². The van der Waals surface area contributed by atoms with Gasteiger partial charge in [-0.05, 0) is 26.7 Å². The molecule has 0 aromatic heterocycles. The van der Waals surface area contributed by atoms with E-state index in [4.69, 9.17) is 11.2 Å². The third-order valence-corrected chi connectivity index (χ3v) is 2.57. The third-order valence-electron chi connectivity index (χ3n) is 2.57. The Labute approximate surface area is 133 Å². The lowest BCUT2D eigenvalue weighted by Gasteiger charge is -2.08. The molecule has 0 aliphatic rings. The molecule has 122 valence electrons. The van der Waals surface area contributed by atoms with Crippen molar-refractivity contribution in [1.82, 2.24) is 0 Å². The number of allylic oxidation sites excluding steroid dienone is 4. The number of esters is 1. The second-order valence-corrected chi connectivity index (χ2v) is 5.13. The molecule has 0 bridgehead atoms. The van der Waals surface area contributed by atoms with Crippen molar-refractivity contribution in [2.75, 3.05) is 0 Å². The van der Waals surface area contributed by atoms with Gasteiger partial charge in [0.15, 0.2) is 0 Å². The van der Waals surface area contributed by atoms with Crippen molar-refractivity contribution in [3.05, 3.63) is 36.5 Å². The highest BCUT2D eigenvalue weighted by molar-refractivity contribution is 5.69. The number of ether oxygens (including phenoxy) is 1. The summed E-state index contributed by atoms with van der Waals surface area (Å²) in [5, 5.41) is 19.0.